The van der Waals surface area contributed by atoms with Crippen molar-refractivity contribution < 1.29 is 0 Å². The van der Waals surface area contributed by atoms with Gasteiger partial charge in [-0.05, 0) is 19.3 Å². The minimum atomic E-state index is 0.140. The van der Waals surface area contributed by atoms with Gasteiger partial charge in [-0.3, -0.25) is 4.99 Å². The quantitative estimate of drug-likeness (QED) is 0.548. The van der Waals surface area contributed by atoms with Gasteiger partial charge in [0.2, 0.25) is 0 Å². The van der Waals surface area contributed by atoms with Crippen molar-refractivity contribution in [1.82, 2.24) is 0 Å². The molecule has 1 heteroatoms. The lowest BCUT2D eigenvalue weighted by Crippen LogP contribution is -2.19. The molecule has 0 spiro atoms. The third kappa shape index (κ3) is 4.08. The van der Waals surface area contributed by atoms with Crippen LogP contribution < -0.4 is 0 Å². The molecule has 0 bridgehead atoms. The molecule has 0 amide bonds. The maximum absolute atomic E-state index is 4.72. The molecular weight excluding hydrogens is 170 g/mol. The Morgan fingerprint density at radius 2 is 1.36 bits per heavy atom. The van der Waals surface area contributed by atoms with Crippen molar-refractivity contribution >= 4 is 5.71 Å². The summed E-state index contributed by atoms with van der Waals surface area (Å²) in [6, 6.07) is 0. The van der Waals surface area contributed by atoms with E-state index in [1.165, 1.54) is 11.4 Å². The van der Waals surface area contributed by atoms with Crippen LogP contribution in [0.5, 0.6) is 0 Å². The average molecular weight is 195 g/mol. The van der Waals surface area contributed by atoms with Crippen molar-refractivity contribution in [2.75, 3.05) is 0 Å². The van der Waals surface area contributed by atoms with Gasteiger partial charge in [-0.15, -0.1) is 0 Å². The molecule has 0 fully saturated rings. The van der Waals surface area contributed by atoms with Gasteiger partial charge in [-0.25, -0.2) is 0 Å². The zero-order valence-electron chi connectivity index (χ0n) is 11.0. The number of hydrogen-bond donors (Lipinski definition) is 0. The van der Waals surface area contributed by atoms with Crippen LogP contribution in [0.1, 0.15) is 55.4 Å². The predicted octanol–water partition coefficient (Wildman–Crippen LogP) is 4.44. The second-order valence-corrected chi connectivity index (χ2v) is 5.87. The Balaban J connectivity index is 4.99. The van der Waals surface area contributed by atoms with E-state index in [1.54, 1.807) is 0 Å². The van der Waals surface area contributed by atoms with Crippen molar-refractivity contribution in [3.05, 3.63) is 11.8 Å². The third-order valence-corrected chi connectivity index (χ3v) is 2.42. The molecule has 0 N–H and O–H groups in total. The Morgan fingerprint density at radius 3 is 1.57 bits per heavy atom. The monoisotopic (exact) mass is 195 g/mol. The van der Waals surface area contributed by atoms with Crippen LogP contribution in [0.4, 0.5) is 0 Å². The minimum absolute atomic E-state index is 0.140. The molecule has 0 aromatic rings. The second-order valence-electron chi connectivity index (χ2n) is 5.87. The summed E-state index contributed by atoms with van der Waals surface area (Å²) in [7, 11) is 0. The molecule has 0 aliphatic carbocycles. The smallest absolute Gasteiger partial charge is 0.0413 e. The third-order valence-electron chi connectivity index (χ3n) is 2.42. The van der Waals surface area contributed by atoms with Crippen LogP contribution in [0.3, 0.4) is 0 Å². The van der Waals surface area contributed by atoms with Crippen LogP contribution in [0.2, 0.25) is 0 Å². The van der Waals surface area contributed by atoms with Gasteiger partial charge in [0, 0.05) is 16.8 Å². The Bertz CT molecular complexity index is 243. The molecule has 0 rings (SSSR count). The summed E-state index contributed by atoms with van der Waals surface area (Å²) in [5, 5.41) is 0. The summed E-state index contributed by atoms with van der Waals surface area (Å²) in [5.74, 6) is 0. The summed E-state index contributed by atoms with van der Waals surface area (Å²) in [4.78, 5) is 4.72. The van der Waals surface area contributed by atoms with Crippen LogP contribution in [0.25, 0.3) is 0 Å². The van der Waals surface area contributed by atoms with E-state index in [0.29, 0.717) is 0 Å². The van der Waals surface area contributed by atoms with Gasteiger partial charge in [0.1, 0.15) is 0 Å². The first-order valence-electron chi connectivity index (χ1n) is 5.31. The number of allylic oxidation sites excluding steroid dienone is 2. The molecule has 0 heterocycles. The molecule has 0 atom stereocenters. The van der Waals surface area contributed by atoms with Gasteiger partial charge >= 0.3 is 0 Å². The van der Waals surface area contributed by atoms with Crippen LogP contribution in [0.15, 0.2) is 16.8 Å². The Morgan fingerprint density at radius 1 is 0.929 bits per heavy atom. The normalized spacial score (nSPS) is 16.0. The van der Waals surface area contributed by atoms with Crippen LogP contribution in [-0.2, 0) is 0 Å². The summed E-state index contributed by atoms with van der Waals surface area (Å²) < 4.78 is 0. The van der Waals surface area contributed by atoms with Crippen LogP contribution in [-0.4, -0.2) is 5.71 Å². The highest BCUT2D eigenvalue weighted by Gasteiger charge is 2.19. The summed E-state index contributed by atoms with van der Waals surface area (Å²) >= 11 is 0. The summed E-state index contributed by atoms with van der Waals surface area (Å²) in [6.45, 7) is 17.3. The number of nitrogens with zero attached hydrogens (tertiary/aromatic N) is 1. The number of hydrogen-bond acceptors (Lipinski definition) is 1. The highest BCUT2D eigenvalue weighted by molar-refractivity contribution is 5.87. The van der Waals surface area contributed by atoms with E-state index >= 15 is 0 Å². The number of rotatable bonds is 1. The van der Waals surface area contributed by atoms with Gasteiger partial charge in [0.25, 0.3) is 0 Å². The lowest BCUT2D eigenvalue weighted by Gasteiger charge is -2.24. The summed E-state index contributed by atoms with van der Waals surface area (Å²) in [6.07, 6.45) is 2.11. The first kappa shape index (κ1) is 13.4. The first-order chi connectivity index (χ1) is 6.09. The molecule has 14 heavy (non-hydrogen) atoms. The van der Waals surface area contributed by atoms with Gasteiger partial charge in [-0.2, -0.15) is 0 Å². The maximum Gasteiger partial charge on any atom is 0.0413 e. The molecule has 0 unspecified atom stereocenters. The summed E-state index contributed by atoms with van der Waals surface area (Å²) in [5.41, 5.74) is 2.67. The Labute approximate surface area is 89.3 Å². The molecule has 0 radical (unpaired) electrons. The molecular formula is C13H25N. The van der Waals surface area contributed by atoms with Crippen molar-refractivity contribution in [1.29, 1.82) is 0 Å². The lowest BCUT2D eigenvalue weighted by atomic mass is 9.88. The van der Waals surface area contributed by atoms with Crippen molar-refractivity contribution in [2.24, 2.45) is 15.8 Å². The highest BCUT2D eigenvalue weighted by atomic mass is 14.8. The largest absolute Gasteiger partial charge is 0.262 e. The van der Waals surface area contributed by atoms with Crippen LogP contribution in [0, 0.1) is 10.8 Å². The van der Waals surface area contributed by atoms with Gasteiger partial charge in [0.05, 0.1) is 0 Å². The highest BCUT2D eigenvalue weighted by Crippen LogP contribution is 2.28. The van der Waals surface area contributed by atoms with Crippen molar-refractivity contribution in [2.45, 2.75) is 55.4 Å². The van der Waals surface area contributed by atoms with Gasteiger partial charge in [0.15, 0.2) is 0 Å². The van der Waals surface area contributed by atoms with Crippen molar-refractivity contribution in [3.63, 3.8) is 0 Å². The van der Waals surface area contributed by atoms with E-state index in [4.69, 9.17) is 4.99 Å². The molecule has 0 aromatic carbocycles. The van der Waals surface area contributed by atoms with E-state index in [1.807, 2.05) is 0 Å². The standard InChI is InChI=1S/C13H25N/c1-9-11(13(6,7)8)14-10(2)12(3,4)5/h9H,1-8H3/b11-9-,14-10+. The Kier molecular flexibility index (Phi) is 4.11. The van der Waals surface area contributed by atoms with E-state index in [9.17, 15) is 0 Å². The fourth-order valence-corrected chi connectivity index (χ4v) is 1.01. The molecule has 82 valence electrons. The molecule has 0 aliphatic rings. The molecule has 0 aliphatic heterocycles. The lowest BCUT2D eigenvalue weighted by molar-refractivity contribution is 0.493. The zero-order chi connectivity index (χ0) is 11.6. The maximum atomic E-state index is 4.72. The topological polar surface area (TPSA) is 12.4 Å². The second kappa shape index (κ2) is 4.29. The average Bonchev–Trinajstić information content (AvgIpc) is 1.95. The van der Waals surface area contributed by atoms with Crippen molar-refractivity contribution in [3.8, 4) is 0 Å². The number of aliphatic imine (C=N–C) groups is 1. The van der Waals surface area contributed by atoms with E-state index in [-0.39, 0.29) is 10.8 Å². The molecule has 0 aromatic heterocycles. The molecule has 0 saturated heterocycles. The van der Waals surface area contributed by atoms with Gasteiger partial charge in [-0.1, -0.05) is 47.6 Å². The predicted molar refractivity (Wildman–Crippen MR) is 65.8 cm³/mol. The van der Waals surface area contributed by atoms with E-state index in [2.05, 4.69) is 61.5 Å². The SMILES string of the molecule is C/C=C(\N=C(/C)C(C)(C)C)C(C)(C)C. The van der Waals surface area contributed by atoms with E-state index in [0.717, 1.165) is 0 Å². The fraction of sp³-hybridized carbons (Fsp3) is 0.769. The zero-order valence-corrected chi connectivity index (χ0v) is 11.0. The van der Waals surface area contributed by atoms with Crippen LogP contribution >= 0.6 is 0 Å². The Hall–Kier alpha value is -0.590. The fourth-order valence-electron chi connectivity index (χ4n) is 1.01. The minimum Gasteiger partial charge on any atom is -0.262 e. The first-order valence-corrected chi connectivity index (χ1v) is 5.31. The molecule has 1 nitrogen and oxygen atoms in total. The van der Waals surface area contributed by atoms with E-state index < -0.39 is 0 Å². The molecule has 0 saturated carbocycles. The van der Waals surface area contributed by atoms with Gasteiger partial charge < -0.3 is 0 Å².